The van der Waals surface area contributed by atoms with Gasteiger partial charge in [0.05, 0.1) is 10.6 Å². The number of carbonyl (C=O) groups excluding carboxylic acids is 2. The summed E-state index contributed by atoms with van der Waals surface area (Å²) in [4.78, 5) is 29.7. The molecule has 0 saturated carbocycles. The second-order valence-electron chi connectivity index (χ2n) is 10.5. The van der Waals surface area contributed by atoms with Gasteiger partial charge in [0, 0.05) is 19.5 Å². The third-order valence-electron chi connectivity index (χ3n) is 7.23. The number of aryl methyl sites for hydroxylation is 1. The largest absolute Gasteiger partial charge is 0.354 e. The molecule has 0 aliphatic carbocycles. The first kappa shape index (κ1) is 31.5. The first-order chi connectivity index (χ1) is 20.8. The van der Waals surface area contributed by atoms with Crippen molar-refractivity contribution in [1.82, 2.24) is 10.2 Å². The number of carbonyl (C=O) groups is 2. The number of benzene rings is 4. The number of unbranched alkanes of at least 4 members (excludes halogenated alkanes) is 1. The Morgan fingerprint density at radius 3 is 1.91 bits per heavy atom. The maximum absolute atomic E-state index is 14.4. The van der Waals surface area contributed by atoms with E-state index in [0.29, 0.717) is 12.2 Å². The van der Waals surface area contributed by atoms with Gasteiger partial charge in [0.1, 0.15) is 12.6 Å². The number of para-hydroxylation sites is 1. The minimum absolute atomic E-state index is 0.0857. The molecule has 0 fully saturated rings. The van der Waals surface area contributed by atoms with Crippen LogP contribution >= 0.6 is 0 Å². The van der Waals surface area contributed by atoms with Crippen LogP contribution in [0.25, 0.3) is 0 Å². The van der Waals surface area contributed by atoms with Crippen molar-refractivity contribution in [3.8, 4) is 0 Å². The highest BCUT2D eigenvalue weighted by Crippen LogP contribution is 2.25. The molecule has 0 aromatic heterocycles. The standard InChI is InChI=1S/C35H39N3O4S/c1-3-4-24-36-35(40)33(25-29-14-8-5-9-15-29)37(26-30-16-10-6-11-17-30)34(39)27-38(31-18-12-7-13-19-31)43(41,42)32-22-20-28(2)21-23-32/h5-23,33H,3-4,24-27H2,1-2H3,(H,36,40)/t33-/m0/s1. The van der Waals surface area contributed by atoms with E-state index in [1.807, 2.05) is 74.5 Å². The van der Waals surface area contributed by atoms with E-state index < -0.39 is 28.5 Å². The molecule has 0 saturated heterocycles. The molecule has 0 radical (unpaired) electrons. The smallest absolute Gasteiger partial charge is 0.264 e. The van der Waals surface area contributed by atoms with E-state index in [0.717, 1.165) is 33.8 Å². The van der Waals surface area contributed by atoms with Gasteiger partial charge in [-0.25, -0.2) is 8.42 Å². The zero-order chi connectivity index (χ0) is 30.7. The first-order valence-corrected chi connectivity index (χ1v) is 16.0. The average Bonchev–Trinajstić information content (AvgIpc) is 3.03. The summed E-state index contributed by atoms with van der Waals surface area (Å²) in [7, 11) is -4.11. The number of rotatable bonds is 14. The van der Waals surface area contributed by atoms with Crippen LogP contribution < -0.4 is 9.62 Å². The van der Waals surface area contributed by atoms with E-state index in [-0.39, 0.29) is 23.8 Å². The van der Waals surface area contributed by atoms with Crippen molar-refractivity contribution in [2.24, 2.45) is 0 Å². The highest BCUT2D eigenvalue weighted by atomic mass is 32.2. The SMILES string of the molecule is CCCCNC(=O)[C@H](Cc1ccccc1)N(Cc1ccccc1)C(=O)CN(c1ccccc1)S(=O)(=O)c1ccc(C)cc1. The molecule has 2 amide bonds. The van der Waals surface area contributed by atoms with Gasteiger partial charge in [-0.05, 0) is 48.7 Å². The normalized spacial score (nSPS) is 11.9. The van der Waals surface area contributed by atoms with E-state index in [1.165, 1.54) is 4.90 Å². The molecular formula is C35H39N3O4S. The number of sulfonamides is 1. The monoisotopic (exact) mass is 597 g/mol. The Balaban J connectivity index is 1.75. The van der Waals surface area contributed by atoms with Gasteiger partial charge in [0.2, 0.25) is 11.8 Å². The van der Waals surface area contributed by atoms with Crippen molar-refractivity contribution in [3.63, 3.8) is 0 Å². The summed E-state index contributed by atoms with van der Waals surface area (Å²) in [6, 6.07) is 33.3. The highest BCUT2D eigenvalue weighted by molar-refractivity contribution is 7.92. The molecule has 4 aromatic carbocycles. The number of anilines is 1. The van der Waals surface area contributed by atoms with Gasteiger partial charge in [-0.2, -0.15) is 0 Å². The fraction of sp³-hybridized carbons (Fsp3) is 0.257. The lowest BCUT2D eigenvalue weighted by molar-refractivity contribution is -0.140. The molecule has 1 atom stereocenters. The molecule has 0 unspecified atom stereocenters. The van der Waals surface area contributed by atoms with Crippen LogP contribution in [0.1, 0.15) is 36.5 Å². The molecule has 224 valence electrons. The maximum atomic E-state index is 14.4. The Kier molecular flexibility index (Phi) is 11.1. The summed E-state index contributed by atoms with van der Waals surface area (Å²) in [6.45, 7) is 4.10. The lowest BCUT2D eigenvalue weighted by atomic mass is 10.0. The van der Waals surface area contributed by atoms with Gasteiger partial charge in [-0.15, -0.1) is 0 Å². The second kappa shape index (κ2) is 15.2. The van der Waals surface area contributed by atoms with E-state index in [4.69, 9.17) is 0 Å². The Morgan fingerprint density at radius 1 is 0.767 bits per heavy atom. The molecular weight excluding hydrogens is 558 g/mol. The average molecular weight is 598 g/mol. The summed E-state index contributed by atoms with van der Waals surface area (Å²) < 4.78 is 29.1. The molecule has 0 bridgehead atoms. The summed E-state index contributed by atoms with van der Waals surface area (Å²) in [6.07, 6.45) is 2.01. The number of hydrogen-bond donors (Lipinski definition) is 1. The predicted molar refractivity (Wildman–Crippen MR) is 171 cm³/mol. The molecule has 4 rings (SSSR count). The van der Waals surface area contributed by atoms with Crippen molar-refractivity contribution >= 4 is 27.5 Å². The van der Waals surface area contributed by atoms with Crippen LogP contribution in [0.15, 0.2) is 120 Å². The summed E-state index contributed by atoms with van der Waals surface area (Å²) in [5.74, 6) is -0.746. The summed E-state index contributed by atoms with van der Waals surface area (Å²) in [5, 5.41) is 3.01. The van der Waals surface area contributed by atoms with Gasteiger partial charge in [-0.3, -0.25) is 13.9 Å². The lowest BCUT2D eigenvalue weighted by Crippen LogP contribution is -2.53. The van der Waals surface area contributed by atoms with Crippen molar-refractivity contribution < 1.29 is 18.0 Å². The van der Waals surface area contributed by atoms with Crippen LogP contribution in [0.4, 0.5) is 5.69 Å². The lowest BCUT2D eigenvalue weighted by Gasteiger charge is -2.34. The van der Waals surface area contributed by atoms with Crippen LogP contribution in [0.3, 0.4) is 0 Å². The quantitative estimate of drug-likeness (QED) is 0.188. The molecule has 7 nitrogen and oxygen atoms in total. The molecule has 0 heterocycles. The van der Waals surface area contributed by atoms with E-state index >= 15 is 0 Å². The number of nitrogens with zero attached hydrogens (tertiary/aromatic N) is 2. The molecule has 0 aliphatic heterocycles. The molecule has 43 heavy (non-hydrogen) atoms. The Morgan fingerprint density at radius 2 is 1.33 bits per heavy atom. The molecule has 0 aliphatic rings. The van der Waals surface area contributed by atoms with Crippen LogP contribution in [-0.4, -0.2) is 44.3 Å². The van der Waals surface area contributed by atoms with Crippen molar-refractivity contribution in [2.75, 3.05) is 17.4 Å². The van der Waals surface area contributed by atoms with Gasteiger partial charge >= 0.3 is 0 Å². The Labute approximate surface area is 255 Å². The number of nitrogens with one attached hydrogen (secondary N) is 1. The first-order valence-electron chi connectivity index (χ1n) is 14.6. The third kappa shape index (κ3) is 8.55. The Bertz CT molecular complexity index is 1560. The molecule has 1 N–H and O–H groups in total. The minimum Gasteiger partial charge on any atom is -0.354 e. The van der Waals surface area contributed by atoms with Gasteiger partial charge < -0.3 is 10.2 Å². The molecule has 4 aromatic rings. The highest BCUT2D eigenvalue weighted by Gasteiger charge is 2.34. The second-order valence-corrected chi connectivity index (χ2v) is 12.4. The van der Waals surface area contributed by atoms with E-state index in [9.17, 15) is 18.0 Å². The van der Waals surface area contributed by atoms with Crippen molar-refractivity contribution in [3.05, 3.63) is 132 Å². The Hall–Kier alpha value is -4.43. The minimum atomic E-state index is -4.11. The van der Waals surface area contributed by atoms with Gasteiger partial charge in [0.25, 0.3) is 10.0 Å². The summed E-state index contributed by atoms with van der Waals surface area (Å²) in [5.41, 5.74) is 3.02. The van der Waals surface area contributed by atoms with E-state index in [1.54, 1.807) is 54.6 Å². The van der Waals surface area contributed by atoms with Gasteiger partial charge in [-0.1, -0.05) is 110 Å². The number of hydrogen-bond acceptors (Lipinski definition) is 4. The van der Waals surface area contributed by atoms with Gasteiger partial charge in [0.15, 0.2) is 0 Å². The van der Waals surface area contributed by atoms with Crippen LogP contribution in [0.5, 0.6) is 0 Å². The fourth-order valence-corrected chi connectivity index (χ4v) is 6.21. The van der Waals surface area contributed by atoms with Crippen LogP contribution in [-0.2, 0) is 32.6 Å². The third-order valence-corrected chi connectivity index (χ3v) is 9.02. The van der Waals surface area contributed by atoms with Crippen molar-refractivity contribution in [2.45, 2.75) is 50.6 Å². The zero-order valence-electron chi connectivity index (χ0n) is 24.7. The maximum Gasteiger partial charge on any atom is 0.264 e. The van der Waals surface area contributed by atoms with E-state index in [2.05, 4.69) is 5.32 Å². The van der Waals surface area contributed by atoms with Crippen LogP contribution in [0, 0.1) is 6.92 Å². The van der Waals surface area contributed by atoms with Crippen molar-refractivity contribution in [1.29, 1.82) is 0 Å². The summed E-state index contributed by atoms with van der Waals surface area (Å²) >= 11 is 0. The molecule has 0 spiro atoms. The fourth-order valence-electron chi connectivity index (χ4n) is 4.80. The topological polar surface area (TPSA) is 86.8 Å². The predicted octanol–water partition coefficient (Wildman–Crippen LogP) is 5.75. The molecule has 8 heteroatoms. The number of amides is 2. The zero-order valence-corrected chi connectivity index (χ0v) is 25.5. The van der Waals surface area contributed by atoms with Crippen LogP contribution in [0.2, 0.25) is 0 Å².